The Labute approximate surface area is 149 Å². The maximum absolute atomic E-state index is 8.68. The zero-order valence-corrected chi connectivity index (χ0v) is 13.9. The lowest BCUT2D eigenvalue weighted by Gasteiger charge is -2.06. The number of hydrazone groups is 1. The standard InChI is InChI=1S/C18H13ClN6/c19-14-3-1-13(2-4-14)7-8-25-12-22-17-9-15(5-6-18(17)25)23-24-16(10-20)11-21/h1-6,9,12,23H,7-8H2. The van der Waals surface area contributed by atoms with E-state index in [1.807, 2.05) is 42.5 Å². The molecule has 6 nitrogen and oxygen atoms in total. The molecule has 25 heavy (non-hydrogen) atoms. The average Bonchev–Trinajstić information content (AvgIpc) is 3.04. The maximum Gasteiger partial charge on any atom is 0.237 e. The average molecular weight is 349 g/mol. The topological polar surface area (TPSA) is 89.8 Å². The minimum absolute atomic E-state index is 0.228. The highest BCUT2D eigenvalue weighted by Gasteiger charge is 2.04. The van der Waals surface area contributed by atoms with Gasteiger partial charge in [-0.3, -0.25) is 5.43 Å². The summed E-state index contributed by atoms with van der Waals surface area (Å²) in [6.45, 7) is 0.802. The fourth-order valence-corrected chi connectivity index (χ4v) is 2.53. The monoisotopic (exact) mass is 348 g/mol. The molecule has 0 aliphatic rings. The van der Waals surface area contributed by atoms with E-state index in [9.17, 15) is 0 Å². The smallest absolute Gasteiger partial charge is 0.237 e. The van der Waals surface area contributed by atoms with Gasteiger partial charge in [0.15, 0.2) is 0 Å². The number of anilines is 1. The molecule has 0 saturated carbocycles. The molecule has 122 valence electrons. The van der Waals surface area contributed by atoms with Crippen LogP contribution in [-0.2, 0) is 13.0 Å². The second kappa shape index (κ2) is 7.48. The van der Waals surface area contributed by atoms with Crippen LogP contribution in [0.15, 0.2) is 53.9 Å². The zero-order chi connectivity index (χ0) is 17.6. The highest BCUT2D eigenvalue weighted by atomic mass is 35.5. The lowest BCUT2D eigenvalue weighted by molar-refractivity contribution is 0.716. The van der Waals surface area contributed by atoms with Crippen molar-refractivity contribution in [3.63, 3.8) is 0 Å². The highest BCUT2D eigenvalue weighted by molar-refractivity contribution is 6.30. The SMILES string of the molecule is N#CC(C#N)=NNc1ccc2c(c1)ncn2CCc1ccc(Cl)cc1. The Kier molecular flexibility index (Phi) is 4.94. The number of benzene rings is 2. The van der Waals surface area contributed by atoms with E-state index in [2.05, 4.69) is 20.1 Å². The summed E-state index contributed by atoms with van der Waals surface area (Å²) in [6, 6.07) is 16.8. The normalized spacial score (nSPS) is 10.0. The van der Waals surface area contributed by atoms with E-state index >= 15 is 0 Å². The van der Waals surface area contributed by atoms with Gasteiger partial charge in [0.05, 0.1) is 23.0 Å². The number of hydrogen-bond donors (Lipinski definition) is 1. The molecule has 0 aliphatic heterocycles. The van der Waals surface area contributed by atoms with Gasteiger partial charge in [-0.2, -0.15) is 15.6 Å². The van der Waals surface area contributed by atoms with Gasteiger partial charge in [-0.1, -0.05) is 23.7 Å². The van der Waals surface area contributed by atoms with Crippen LogP contribution < -0.4 is 5.43 Å². The Hall–Kier alpha value is -3.35. The molecule has 1 heterocycles. The van der Waals surface area contributed by atoms with Gasteiger partial charge in [0.25, 0.3) is 0 Å². The first-order valence-corrected chi connectivity index (χ1v) is 7.90. The third-order valence-electron chi connectivity index (χ3n) is 3.68. The number of halogens is 1. The van der Waals surface area contributed by atoms with Gasteiger partial charge in [-0.25, -0.2) is 4.98 Å². The summed E-state index contributed by atoms with van der Waals surface area (Å²) in [7, 11) is 0. The van der Waals surface area contributed by atoms with Gasteiger partial charge in [-0.05, 0) is 42.3 Å². The predicted octanol–water partition coefficient (Wildman–Crippen LogP) is 3.75. The third kappa shape index (κ3) is 3.95. The molecule has 7 heteroatoms. The number of aromatic nitrogens is 2. The molecule has 0 spiro atoms. The van der Waals surface area contributed by atoms with Crippen molar-refractivity contribution in [2.24, 2.45) is 5.10 Å². The second-order valence-electron chi connectivity index (χ2n) is 5.31. The Bertz CT molecular complexity index is 989. The Balaban J connectivity index is 1.74. The molecular weight excluding hydrogens is 336 g/mol. The van der Waals surface area contributed by atoms with Gasteiger partial charge in [0, 0.05) is 11.6 Å². The summed E-state index contributed by atoms with van der Waals surface area (Å²) >= 11 is 5.90. The molecule has 0 amide bonds. The Morgan fingerprint density at radius 3 is 2.64 bits per heavy atom. The summed E-state index contributed by atoms with van der Waals surface area (Å²) < 4.78 is 2.08. The minimum atomic E-state index is -0.228. The first kappa shape index (κ1) is 16.5. The fraction of sp³-hybridized carbons (Fsp3) is 0.111. The van der Waals surface area contributed by atoms with Crippen LogP contribution >= 0.6 is 11.6 Å². The molecule has 0 aliphatic carbocycles. The molecule has 0 fully saturated rings. The Morgan fingerprint density at radius 1 is 1.16 bits per heavy atom. The highest BCUT2D eigenvalue weighted by Crippen LogP contribution is 2.19. The van der Waals surface area contributed by atoms with Crippen LogP contribution in [0.25, 0.3) is 11.0 Å². The van der Waals surface area contributed by atoms with Gasteiger partial charge in [0.1, 0.15) is 12.1 Å². The molecule has 0 atom stereocenters. The van der Waals surface area contributed by atoms with E-state index in [-0.39, 0.29) is 5.71 Å². The molecule has 0 bridgehead atoms. The van der Waals surface area contributed by atoms with Crippen molar-refractivity contribution in [3.05, 3.63) is 59.4 Å². The van der Waals surface area contributed by atoms with Crippen molar-refractivity contribution in [2.45, 2.75) is 13.0 Å². The van der Waals surface area contributed by atoms with Crippen LogP contribution in [0.5, 0.6) is 0 Å². The van der Waals surface area contributed by atoms with E-state index in [0.717, 1.165) is 29.0 Å². The number of fused-ring (bicyclic) bond motifs is 1. The van der Waals surface area contributed by atoms with Crippen molar-refractivity contribution < 1.29 is 0 Å². The number of nitrogens with zero attached hydrogens (tertiary/aromatic N) is 5. The Morgan fingerprint density at radius 2 is 1.92 bits per heavy atom. The third-order valence-corrected chi connectivity index (χ3v) is 3.94. The van der Waals surface area contributed by atoms with Crippen LogP contribution in [0.1, 0.15) is 5.56 Å². The molecule has 0 saturated heterocycles. The van der Waals surface area contributed by atoms with Gasteiger partial charge >= 0.3 is 0 Å². The zero-order valence-electron chi connectivity index (χ0n) is 13.1. The molecule has 1 aromatic heterocycles. The first-order chi connectivity index (χ1) is 12.2. The summed E-state index contributed by atoms with van der Waals surface area (Å²) in [5.74, 6) is 0. The summed E-state index contributed by atoms with van der Waals surface area (Å²) in [4.78, 5) is 4.40. The molecule has 1 N–H and O–H groups in total. The van der Waals surface area contributed by atoms with E-state index in [4.69, 9.17) is 22.1 Å². The molecule has 3 aromatic rings. The molecule has 3 rings (SSSR count). The number of aryl methyl sites for hydroxylation is 2. The molecule has 0 unspecified atom stereocenters. The van der Waals surface area contributed by atoms with E-state index in [1.54, 1.807) is 18.5 Å². The van der Waals surface area contributed by atoms with Gasteiger partial charge in [0.2, 0.25) is 5.71 Å². The summed E-state index contributed by atoms with van der Waals surface area (Å²) in [6.07, 6.45) is 2.67. The minimum Gasteiger partial charge on any atom is -0.330 e. The van der Waals surface area contributed by atoms with Crippen LogP contribution in [0, 0.1) is 22.7 Å². The maximum atomic E-state index is 8.68. The molecule has 0 radical (unpaired) electrons. The van der Waals surface area contributed by atoms with Crippen LogP contribution in [0.3, 0.4) is 0 Å². The van der Waals surface area contributed by atoms with E-state index in [1.165, 1.54) is 5.56 Å². The number of nitrogens with one attached hydrogen (secondary N) is 1. The summed E-state index contributed by atoms with van der Waals surface area (Å²) in [5, 5.41) is 21.8. The lowest BCUT2D eigenvalue weighted by atomic mass is 10.1. The number of rotatable bonds is 5. The van der Waals surface area contributed by atoms with Crippen molar-refractivity contribution >= 4 is 34.0 Å². The van der Waals surface area contributed by atoms with Crippen LogP contribution in [-0.4, -0.2) is 15.3 Å². The molecule has 2 aromatic carbocycles. The molecular formula is C18H13ClN6. The van der Waals surface area contributed by atoms with E-state index < -0.39 is 0 Å². The van der Waals surface area contributed by atoms with E-state index in [0.29, 0.717) is 5.69 Å². The van der Waals surface area contributed by atoms with Crippen molar-refractivity contribution in [3.8, 4) is 12.1 Å². The van der Waals surface area contributed by atoms with Crippen LogP contribution in [0.2, 0.25) is 5.02 Å². The number of hydrogen-bond acceptors (Lipinski definition) is 5. The van der Waals surface area contributed by atoms with Crippen LogP contribution in [0.4, 0.5) is 5.69 Å². The van der Waals surface area contributed by atoms with Gasteiger partial charge < -0.3 is 4.57 Å². The number of nitriles is 2. The summed E-state index contributed by atoms with van der Waals surface area (Å²) in [5.41, 5.74) is 6.15. The second-order valence-corrected chi connectivity index (χ2v) is 5.75. The van der Waals surface area contributed by atoms with Crippen molar-refractivity contribution in [1.82, 2.24) is 9.55 Å². The quantitative estimate of drug-likeness (QED) is 0.561. The fourth-order valence-electron chi connectivity index (χ4n) is 2.41. The lowest BCUT2D eigenvalue weighted by Crippen LogP contribution is -2.00. The van der Waals surface area contributed by atoms with Crippen molar-refractivity contribution in [1.29, 1.82) is 10.5 Å². The van der Waals surface area contributed by atoms with Crippen molar-refractivity contribution in [2.75, 3.05) is 5.43 Å². The predicted molar refractivity (Wildman–Crippen MR) is 97.2 cm³/mol. The largest absolute Gasteiger partial charge is 0.330 e. The van der Waals surface area contributed by atoms with Gasteiger partial charge in [-0.15, -0.1) is 0 Å². The first-order valence-electron chi connectivity index (χ1n) is 7.53. The number of imidazole rings is 1.